The fourth-order valence-corrected chi connectivity index (χ4v) is 3.04. The molecule has 0 fully saturated rings. The highest BCUT2D eigenvalue weighted by atomic mass is 35.5. The van der Waals surface area contributed by atoms with Gasteiger partial charge in [0.05, 0.1) is 23.3 Å². The largest absolute Gasteiger partial charge is 0.462 e. The van der Waals surface area contributed by atoms with Crippen molar-refractivity contribution in [1.82, 2.24) is 0 Å². The monoisotopic (exact) mass is 373 g/mol. The quantitative estimate of drug-likeness (QED) is 0.561. The zero-order chi connectivity index (χ0) is 18.1. The lowest BCUT2D eigenvalue weighted by Gasteiger charge is -2.27. The van der Waals surface area contributed by atoms with E-state index in [1.807, 2.05) is 0 Å². The molecule has 0 saturated carbocycles. The Labute approximate surface area is 152 Å². The molecule has 2 atom stereocenters. The van der Waals surface area contributed by atoms with Gasteiger partial charge in [-0.05, 0) is 53.5 Å². The number of benzene rings is 1. The Hall–Kier alpha value is -3.10. The SMILES string of the molecule is O=[N+]([O-])C1=NN(c2ccc(Cl)cc2)[C@@H](c2ccco2)[NH2+][C@@H]1c1ccco1. The van der Waals surface area contributed by atoms with Crippen LogP contribution in [-0.4, -0.2) is 10.8 Å². The smallest absolute Gasteiger partial charge is 0.430 e. The molecule has 0 radical (unpaired) electrons. The number of quaternary nitrogens is 1. The van der Waals surface area contributed by atoms with E-state index in [1.165, 1.54) is 6.26 Å². The van der Waals surface area contributed by atoms with Crippen molar-refractivity contribution in [1.29, 1.82) is 0 Å². The zero-order valence-electron chi connectivity index (χ0n) is 13.4. The zero-order valence-corrected chi connectivity index (χ0v) is 14.1. The van der Waals surface area contributed by atoms with Crippen LogP contribution in [0.15, 0.2) is 75.0 Å². The molecule has 0 spiro atoms. The summed E-state index contributed by atoms with van der Waals surface area (Å²) in [4.78, 5) is 11.1. The van der Waals surface area contributed by atoms with Gasteiger partial charge < -0.3 is 18.9 Å². The predicted molar refractivity (Wildman–Crippen MR) is 93.2 cm³/mol. The van der Waals surface area contributed by atoms with Crippen molar-refractivity contribution < 1.29 is 19.1 Å². The average molecular weight is 374 g/mol. The molecule has 0 aliphatic carbocycles. The molecule has 3 heterocycles. The molecule has 1 aliphatic heterocycles. The van der Waals surface area contributed by atoms with Crippen molar-refractivity contribution in [3.8, 4) is 0 Å². The number of nitrogens with two attached hydrogens (primary N) is 1. The van der Waals surface area contributed by atoms with Crippen LogP contribution < -0.4 is 10.3 Å². The summed E-state index contributed by atoms with van der Waals surface area (Å²) < 4.78 is 10.9. The summed E-state index contributed by atoms with van der Waals surface area (Å²) in [6.45, 7) is 0. The number of amidine groups is 1. The number of hydrogen-bond donors (Lipinski definition) is 1. The Morgan fingerprint density at radius 2 is 1.73 bits per heavy atom. The Bertz CT molecular complexity index is 922. The molecular formula is C17H14ClN4O4+. The minimum absolute atomic E-state index is 0.224. The van der Waals surface area contributed by atoms with Crippen molar-refractivity contribution in [3.63, 3.8) is 0 Å². The first-order valence-corrected chi connectivity index (χ1v) is 8.21. The summed E-state index contributed by atoms with van der Waals surface area (Å²) in [6, 6.07) is 13.2. The molecule has 2 N–H and O–H groups in total. The maximum Gasteiger partial charge on any atom is 0.430 e. The van der Waals surface area contributed by atoms with E-state index >= 15 is 0 Å². The van der Waals surface area contributed by atoms with E-state index < -0.39 is 17.1 Å². The number of halogens is 1. The minimum Gasteiger partial charge on any atom is -0.462 e. The van der Waals surface area contributed by atoms with Gasteiger partial charge in [-0.1, -0.05) is 11.6 Å². The van der Waals surface area contributed by atoms with Gasteiger partial charge in [-0.3, -0.25) is 5.32 Å². The topological polar surface area (TPSA) is 102 Å². The van der Waals surface area contributed by atoms with Gasteiger partial charge in [-0.25, -0.2) is 0 Å². The Morgan fingerprint density at radius 1 is 1.08 bits per heavy atom. The number of nitrogens with zero attached hydrogens (tertiary/aromatic N) is 3. The van der Waals surface area contributed by atoms with Crippen LogP contribution in [0.4, 0.5) is 5.69 Å². The molecular weight excluding hydrogens is 360 g/mol. The van der Waals surface area contributed by atoms with E-state index in [4.69, 9.17) is 20.4 Å². The second-order valence-electron chi connectivity index (χ2n) is 5.68. The van der Waals surface area contributed by atoms with Crippen LogP contribution in [0.25, 0.3) is 0 Å². The third-order valence-corrected chi connectivity index (χ3v) is 4.34. The van der Waals surface area contributed by atoms with Gasteiger partial charge in [0.2, 0.25) is 0 Å². The average Bonchev–Trinajstić information content (AvgIpc) is 3.35. The molecule has 0 bridgehead atoms. The summed E-state index contributed by atoms with van der Waals surface area (Å²) in [6.07, 6.45) is 2.59. The fourth-order valence-electron chi connectivity index (χ4n) is 2.91. The van der Waals surface area contributed by atoms with Crippen molar-refractivity contribution in [2.45, 2.75) is 12.2 Å². The molecule has 0 amide bonds. The third kappa shape index (κ3) is 2.96. The number of anilines is 1. The molecule has 9 heteroatoms. The maximum absolute atomic E-state index is 11.6. The highest BCUT2D eigenvalue weighted by molar-refractivity contribution is 6.30. The number of rotatable bonds is 3. The van der Waals surface area contributed by atoms with Crippen LogP contribution in [-0.2, 0) is 0 Å². The van der Waals surface area contributed by atoms with Crippen LogP contribution in [0.5, 0.6) is 0 Å². The van der Waals surface area contributed by atoms with Gasteiger partial charge in [0.1, 0.15) is 0 Å². The molecule has 26 heavy (non-hydrogen) atoms. The Kier molecular flexibility index (Phi) is 4.19. The molecule has 2 aromatic heterocycles. The van der Waals surface area contributed by atoms with Gasteiger partial charge in [0.25, 0.3) is 12.2 Å². The first-order valence-electron chi connectivity index (χ1n) is 7.83. The molecule has 1 aliphatic rings. The van der Waals surface area contributed by atoms with E-state index in [9.17, 15) is 10.1 Å². The van der Waals surface area contributed by atoms with E-state index in [1.54, 1.807) is 65.1 Å². The van der Waals surface area contributed by atoms with Crippen LogP contribution in [0.1, 0.15) is 23.7 Å². The lowest BCUT2D eigenvalue weighted by Crippen LogP contribution is -2.92. The molecule has 3 aromatic rings. The summed E-state index contributed by atoms with van der Waals surface area (Å²) in [5.41, 5.74) is 0.657. The highest BCUT2D eigenvalue weighted by Gasteiger charge is 2.47. The van der Waals surface area contributed by atoms with Gasteiger partial charge >= 0.3 is 5.84 Å². The van der Waals surface area contributed by atoms with Gasteiger partial charge in [0, 0.05) is 5.02 Å². The van der Waals surface area contributed by atoms with Crippen molar-refractivity contribution >= 4 is 23.1 Å². The molecule has 4 rings (SSSR count). The van der Waals surface area contributed by atoms with Crippen molar-refractivity contribution in [2.24, 2.45) is 5.10 Å². The number of hydrogen-bond acceptors (Lipinski definition) is 6. The molecule has 132 valence electrons. The van der Waals surface area contributed by atoms with Crippen LogP contribution >= 0.6 is 11.6 Å². The maximum atomic E-state index is 11.6. The summed E-state index contributed by atoms with van der Waals surface area (Å²) in [7, 11) is 0. The standard InChI is InChI=1S/C17H13ClN4O4/c18-11-5-7-12(8-6-11)21-16(14-4-2-10-26-14)19-15(13-3-1-9-25-13)17(20-21)22(23)24/h1-10,15-16,19H/p+1/t15-,16+/m1/s1. The van der Waals surface area contributed by atoms with E-state index in [-0.39, 0.29) is 5.84 Å². The summed E-state index contributed by atoms with van der Waals surface area (Å²) >= 11 is 5.96. The van der Waals surface area contributed by atoms with E-state index in [2.05, 4.69) is 5.10 Å². The number of furan rings is 2. The lowest BCUT2D eigenvalue weighted by molar-refractivity contribution is -0.732. The Morgan fingerprint density at radius 3 is 2.31 bits per heavy atom. The molecule has 8 nitrogen and oxygen atoms in total. The number of nitro groups is 1. The van der Waals surface area contributed by atoms with Crippen LogP contribution in [0, 0.1) is 10.1 Å². The normalized spacial score (nSPS) is 20.0. The van der Waals surface area contributed by atoms with E-state index in [0.717, 1.165) is 0 Å². The van der Waals surface area contributed by atoms with E-state index in [0.29, 0.717) is 22.2 Å². The highest BCUT2D eigenvalue weighted by Crippen LogP contribution is 2.29. The van der Waals surface area contributed by atoms with Crippen LogP contribution in [0.2, 0.25) is 5.02 Å². The predicted octanol–water partition coefficient (Wildman–Crippen LogP) is 2.94. The summed E-state index contributed by atoms with van der Waals surface area (Å²) in [5, 5.41) is 19.8. The lowest BCUT2D eigenvalue weighted by atomic mass is 10.1. The van der Waals surface area contributed by atoms with Gasteiger partial charge in [0.15, 0.2) is 11.5 Å². The van der Waals surface area contributed by atoms with Gasteiger partial charge in [-0.15, -0.1) is 5.01 Å². The number of hydrazone groups is 1. The minimum atomic E-state index is -0.696. The first kappa shape index (κ1) is 16.4. The van der Waals surface area contributed by atoms with Crippen molar-refractivity contribution in [2.75, 3.05) is 5.01 Å². The van der Waals surface area contributed by atoms with Gasteiger partial charge in [-0.2, -0.15) is 0 Å². The third-order valence-electron chi connectivity index (χ3n) is 4.09. The van der Waals surface area contributed by atoms with Crippen LogP contribution in [0.3, 0.4) is 0 Å². The summed E-state index contributed by atoms with van der Waals surface area (Å²) in [5.74, 6) is 0.841. The molecule has 0 unspecified atom stereocenters. The second-order valence-corrected chi connectivity index (χ2v) is 6.12. The second kappa shape index (κ2) is 6.66. The molecule has 1 aromatic carbocycles. The first-order chi connectivity index (χ1) is 12.6. The molecule has 0 saturated heterocycles. The Balaban J connectivity index is 1.83. The van der Waals surface area contributed by atoms with Crippen molar-refractivity contribution in [3.05, 3.63) is 87.7 Å². The fraction of sp³-hybridized carbons (Fsp3) is 0.118.